The predicted molar refractivity (Wildman–Crippen MR) is 43.7 cm³/mol. The van der Waals surface area contributed by atoms with E-state index < -0.39 is 11.8 Å². The molecule has 2 N–H and O–H groups in total. The van der Waals surface area contributed by atoms with Crippen LogP contribution in [-0.2, 0) is 5.60 Å². The highest BCUT2D eigenvalue weighted by molar-refractivity contribution is 5.30. The lowest BCUT2D eigenvalue weighted by Crippen LogP contribution is -2.39. The van der Waals surface area contributed by atoms with Crippen LogP contribution >= 0.6 is 0 Å². The fourth-order valence-electron chi connectivity index (χ4n) is 0.950. The van der Waals surface area contributed by atoms with Gasteiger partial charge in [0, 0.05) is 0 Å². The predicted octanol–water partition coefficient (Wildman–Crippen LogP) is 2.16. The molecule has 2 nitrogen and oxygen atoms in total. The number of aliphatic hydroxyl groups is 1. The van der Waals surface area contributed by atoms with Crippen molar-refractivity contribution in [3.63, 3.8) is 0 Å². The number of benzene rings is 1. The van der Waals surface area contributed by atoms with Gasteiger partial charge in [-0.1, -0.05) is 12.1 Å². The molecule has 0 unspecified atom stereocenters. The molecule has 14 heavy (non-hydrogen) atoms. The summed E-state index contributed by atoms with van der Waals surface area (Å²) >= 11 is 0. The Morgan fingerprint density at radius 3 is 1.86 bits per heavy atom. The summed E-state index contributed by atoms with van der Waals surface area (Å²) in [7, 11) is 0. The molecule has 0 amide bonds. The fraction of sp³-hybridized carbons (Fsp3) is 0.333. The van der Waals surface area contributed by atoms with Gasteiger partial charge >= 0.3 is 6.18 Å². The third-order valence-electron chi connectivity index (χ3n) is 1.98. The van der Waals surface area contributed by atoms with Crippen LogP contribution in [0.2, 0.25) is 0 Å². The molecule has 0 fully saturated rings. The number of alkyl halides is 3. The van der Waals surface area contributed by atoms with E-state index in [1.807, 2.05) is 0 Å². The van der Waals surface area contributed by atoms with Crippen LogP contribution in [0.15, 0.2) is 24.3 Å². The first-order valence-corrected chi connectivity index (χ1v) is 3.84. The molecule has 0 aliphatic carbocycles. The van der Waals surface area contributed by atoms with E-state index in [1.54, 1.807) is 0 Å². The van der Waals surface area contributed by atoms with Gasteiger partial charge in [-0.3, -0.25) is 0 Å². The van der Waals surface area contributed by atoms with Crippen LogP contribution in [0, 0.1) is 0 Å². The van der Waals surface area contributed by atoms with Gasteiger partial charge < -0.3 is 10.2 Å². The van der Waals surface area contributed by atoms with E-state index in [1.165, 1.54) is 0 Å². The van der Waals surface area contributed by atoms with E-state index in [-0.39, 0.29) is 11.3 Å². The molecule has 78 valence electrons. The molecule has 0 aromatic heterocycles. The summed E-state index contributed by atoms with van der Waals surface area (Å²) in [6.45, 7) is 0.666. The van der Waals surface area contributed by atoms with E-state index in [2.05, 4.69) is 0 Å². The van der Waals surface area contributed by atoms with Crippen molar-refractivity contribution in [3.05, 3.63) is 29.8 Å². The van der Waals surface area contributed by atoms with Crippen molar-refractivity contribution < 1.29 is 23.4 Å². The van der Waals surface area contributed by atoms with Crippen LogP contribution in [0.1, 0.15) is 12.5 Å². The molecule has 1 rings (SSSR count). The molecule has 1 aromatic rings. The Hall–Kier alpha value is -1.23. The van der Waals surface area contributed by atoms with Crippen LogP contribution in [0.25, 0.3) is 0 Å². The Labute approximate surface area is 78.6 Å². The molecule has 1 aromatic carbocycles. The van der Waals surface area contributed by atoms with Crippen LogP contribution in [0.4, 0.5) is 13.2 Å². The molecule has 0 saturated heterocycles. The molecular weight excluding hydrogens is 197 g/mol. The number of hydrogen-bond donors (Lipinski definition) is 2. The molecule has 0 heterocycles. The minimum absolute atomic E-state index is 0.147. The SMILES string of the molecule is C[C@@](O)(c1ccc(O)cc1)C(F)(F)F. The van der Waals surface area contributed by atoms with Gasteiger partial charge in [-0.05, 0) is 24.6 Å². The molecule has 0 saturated carbocycles. The minimum Gasteiger partial charge on any atom is -0.508 e. The third-order valence-corrected chi connectivity index (χ3v) is 1.98. The lowest BCUT2D eigenvalue weighted by Gasteiger charge is -2.26. The summed E-state index contributed by atoms with van der Waals surface area (Å²) in [6, 6.07) is 4.25. The smallest absolute Gasteiger partial charge is 0.421 e. The number of phenols is 1. The maximum atomic E-state index is 12.3. The van der Waals surface area contributed by atoms with Gasteiger partial charge in [-0.15, -0.1) is 0 Å². The first kappa shape index (κ1) is 10.8. The largest absolute Gasteiger partial charge is 0.508 e. The summed E-state index contributed by atoms with van der Waals surface area (Å²) in [5.74, 6) is -0.147. The quantitative estimate of drug-likeness (QED) is 0.739. The van der Waals surface area contributed by atoms with Crippen LogP contribution < -0.4 is 0 Å². The first-order chi connectivity index (χ1) is 6.25. The Balaban J connectivity index is 3.10. The topological polar surface area (TPSA) is 40.5 Å². The van der Waals surface area contributed by atoms with Gasteiger partial charge in [0.1, 0.15) is 5.75 Å². The summed E-state index contributed by atoms with van der Waals surface area (Å²) < 4.78 is 36.9. The van der Waals surface area contributed by atoms with Crippen molar-refractivity contribution in [1.29, 1.82) is 0 Å². The average molecular weight is 206 g/mol. The molecule has 1 atom stereocenters. The Kier molecular flexibility index (Phi) is 2.45. The zero-order valence-electron chi connectivity index (χ0n) is 7.34. The highest BCUT2D eigenvalue weighted by Gasteiger charge is 2.50. The number of rotatable bonds is 1. The van der Waals surface area contributed by atoms with Crippen LogP contribution in [-0.4, -0.2) is 16.4 Å². The Morgan fingerprint density at radius 2 is 1.50 bits per heavy atom. The van der Waals surface area contributed by atoms with Gasteiger partial charge in [-0.25, -0.2) is 0 Å². The average Bonchev–Trinajstić information content (AvgIpc) is 2.03. The Bertz CT molecular complexity index is 314. The fourth-order valence-corrected chi connectivity index (χ4v) is 0.950. The third kappa shape index (κ3) is 1.82. The highest BCUT2D eigenvalue weighted by atomic mass is 19.4. The van der Waals surface area contributed by atoms with Crippen LogP contribution in [0.3, 0.4) is 0 Å². The molecular formula is C9H9F3O2. The number of hydrogen-bond acceptors (Lipinski definition) is 2. The number of phenolic OH excluding ortho intramolecular Hbond substituents is 1. The first-order valence-electron chi connectivity index (χ1n) is 3.84. The number of halogens is 3. The standard InChI is InChI=1S/C9H9F3O2/c1-8(14,9(10,11)12)6-2-4-7(13)5-3-6/h2-5,13-14H,1H3/t8-/m1/s1. The van der Waals surface area contributed by atoms with Gasteiger partial charge in [-0.2, -0.15) is 13.2 Å². The minimum atomic E-state index is -4.73. The van der Waals surface area contributed by atoms with E-state index in [4.69, 9.17) is 5.11 Å². The van der Waals surface area contributed by atoms with Crippen molar-refractivity contribution >= 4 is 0 Å². The number of aromatic hydroxyl groups is 1. The van der Waals surface area contributed by atoms with Crippen molar-refractivity contribution in [2.75, 3.05) is 0 Å². The van der Waals surface area contributed by atoms with Gasteiger partial charge in [0.15, 0.2) is 5.60 Å². The van der Waals surface area contributed by atoms with Crippen molar-refractivity contribution in [3.8, 4) is 5.75 Å². The monoisotopic (exact) mass is 206 g/mol. The summed E-state index contributed by atoms with van der Waals surface area (Å²) in [4.78, 5) is 0. The van der Waals surface area contributed by atoms with E-state index in [9.17, 15) is 18.3 Å². The lowest BCUT2D eigenvalue weighted by atomic mass is 9.95. The van der Waals surface area contributed by atoms with E-state index in [0.29, 0.717) is 6.92 Å². The summed E-state index contributed by atoms with van der Waals surface area (Å²) in [6.07, 6.45) is -4.73. The molecule has 0 radical (unpaired) electrons. The molecule has 0 spiro atoms. The summed E-state index contributed by atoms with van der Waals surface area (Å²) in [5.41, 5.74) is -3.19. The summed E-state index contributed by atoms with van der Waals surface area (Å²) in [5, 5.41) is 18.1. The highest BCUT2D eigenvalue weighted by Crippen LogP contribution is 2.38. The van der Waals surface area contributed by atoms with Crippen molar-refractivity contribution in [1.82, 2.24) is 0 Å². The zero-order chi connectivity index (χ0) is 11.0. The van der Waals surface area contributed by atoms with Gasteiger partial charge in [0.05, 0.1) is 0 Å². The van der Waals surface area contributed by atoms with Gasteiger partial charge in [0.25, 0.3) is 0 Å². The van der Waals surface area contributed by atoms with Crippen molar-refractivity contribution in [2.24, 2.45) is 0 Å². The lowest BCUT2D eigenvalue weighted by molar-refractivity contribution is -0.258. The maximum absolute atomic E-state index is 12.3. The molecule has 0 aliphatic heterocycles. The second kappa shape index (κ2) is 3.16. The second-order valence-corrected chi connectivity index (χ2v) is 3.12. The van der Waals surface area contributed by atoms with E-state index in [0.717, 1.165) is 24.3 Å². The molecule has 5 heteroatoms. The normalized spacial score (nSPS) is 16.4. The molecule has 0 aliphatic rings. The second-order valence-electron chi connectivity index (χ2n) is 3.12. The zero-order valence-corrected chi connectivity index (χ0v) is 7.34. The van der Waals surface area contributed by atoms with Crippen LogP contribution in [0.5, 0.6) is 5.75 Å². The Morgan fingerprint density at radius 1 is 1.07 bits per heavy atom. The molecule has 0 bridgehead atoms. The van der Waals surface area contributed by atoms with Gasteiger partial charge in [0.2, 0.25) is 0 Å². The van der Waals surface area contributed by atoms with E-state index >= 15 is 0 Å². The maximum Gasteiger partial charge on any atom is 0.421 e. The van der Waals surface area contributed by atoms with Crippen molar-refractivity contribution in [2.45, 2.75) is 18.7 Å².